The second kappa shape index (κ2) is 8.02. The molecule has 0 saturated heterocycles. The normalized spacial score (nSPS) is 15.9. The zero-order chi connectivity index (χ0) is 21.4. The van der Waals surface area contributed by atoms with Crippen LogP contribution < -0.4 is 20.3 Å². The highest BCUT2D eigenvalue weighted by molar-refractivity contribution is 5.94. The third-order valence-electron chi connectivity index (χ3n) is 5.88. The number of hydrogen-bond donors (Lipinski definition) is 1. The highest BCUT2D eigenvalue weighted by Gasteiger charge is 2.23. The molecule has 160 valence electrons. The molecule has 1 aromatic carbocycles. The summed E-state index contributed by atoms with van der Waals surface area (Å²) in [5, 5.41) is 3.36. The third-order valence-corrected chi connectivity index (χ3v) is 5.88. The first-order chi connectivity index (χ1) is 15.1. The second-order valence-electron chi connectivity index (χ2n) is 7.90. The number of aryl methyl sites for hydroxylation is 2. The van der Waals surface area contributed by atoms with Gasteiger partial charge in [-0.25, -0.2) is 9.97 Å². The number of anilines is 1. The molecule has 3 aromatic rings. The lowest BCUT2D eigenvalue weighted by molar-refractivity contribution is -0.119. The van der Waals surface area contributed by atoms with Crippen LogP contribution >= 0.6 is 0 Å². The van der Waals surface area contributed by atoms with Crippen molar-refractivity contribution in [1.82, 2.24) is 14.5 Å². The van der Waals surface area contributed by atoms with Crippen molar-refractivity contribution < 1.29 is 14.3 Å². The van der Waals surface area contributed by atoms with E-state index in [1.54, 1.807) is 18.2 Å². The van der Waals surface area contributed by atoms with E-state index in [1.807, 2.05) is 13.0 Å². The largest absolute Gasteiger partial charge is 0.486 e. The van der Waals surface area contributed by atoms with Gasteiger partial charge in [0.2, 0.25) is 5.91 Å². The fraction of sp³-hybridized carbons (Fsp3) is 0.391. The van der Waals surface area contributed by atoms with E-state index in [2.05, 4.69) is 15.3 Å². The van der Waals surface area contributed by atoms with Gasteiger partial charge in [-0.15, -0.1) is 0 Å². The number of carbonyl (C=O) groups excluding carboxylic acids is 1. The Balaban J connectivity index is 1.45. The van der Waals surface area contributed by atoms with Crippen LogP contribution in [0.4, 0.5) is 5.69 Å². The molecule has 1 atom stereocenters. The van der Waals surface area contributed by atoms with E-state index in [0.29, 0.717) is 47.9 Å². The van der Waals surface area contributed by atoms with E-state index in [4.69, 9.17) is 9.47 Å². The predicted molar refractivity (Wildman–Crippen MR) is 116 cm³/mol. The average molecular weight is 420 g/mol. The van der Waals surface area contributed by atoms with Gasteiger partial charge in [-0.05, 0) is 55.9 Å². The van der Waals surface area contributed by atoms with Crippen LogP contribution in [0.2, 0.25) is 0 Å². The van der Waals surface area contributed by atoms with Crippen LogP contribution in [0.15, 0.2) is 35.4 Å². The molecule has 3 heterocycles. The van der Waals surface area contributed by atoms with Crippen LogP contribution in [0.3, 0.4) is 0 Å². The Morgan fingerprint density at radius 2 is 1.97 bits per heavy atom. The Hall–Kier alpha value is -3.42. The molecular formula is C23H24N4O4. The van der Waals surface area contributed by atoms with Gasteiger partial charge < -0.3 is 14.8 Å². The van der Waals surface area contributed by atoms with Gasteiger partial charge in [0.1, 0.15) is 25.6 Å². The summed E-state index contributed by atoms with van der Waals surface area (Å²) in [5.41, 5.74) is 2.94. The standard InChI is InChI=1S/C23H24N4O4/c1-2-18(22(28)25-15-7-8-19-20(12-15)31-10-9-30-19)27-13-24-21-16(23(27)29)11-14-5-3-4-6-17(14)26-21/h7-8,11-13,18H,2-6,9-10H2,1H3,(H,25,28)/t18-/m0/s1. The molecule has 1 aliphatic heterocycles. The SMILES string of the molecule is CC[C@@H](C(=O)Nc1ccc2c(c1)OCCO2)n1cnc2nc3c(cc2c1=O)CCCC3. The van der Waals surface area contributed by atoms with Crippen LogP contribution in [0.25, 0.3) is 11.0 Å². The minimum atomic E-state index is -0.686. The van der Waals surface area contributed by atoms with Crippen molar-refractivity contribution in [2.45, 2.75) is 45.1 Å². The van der Waals surface area contributed by atoms with Crippen molar-refractivity contribution in [3.05, 3.63) is 52.2 Å². The molecule has 5 rings (SSSR count). The van der Waals surface area contributed by atoms with Gasteiger partial charge in [0, 0.05) is 17.4 Å². The Morgan fingerprint density at radius 3 is 2.81 bits per heavy atom. The fourth-order valence-corrected chi connectivity index (χ4v) is 4.26. The van der Waals surface area contributed by atoms with E-state index in [0.717, 1.165) is 36.9 Å². The van der Waals surface area contributed by atoms with Gasteiger partial charge in [-0.1, -0.05) is 6.92 Å². The molecule has 0 spiro atoms. The van der Waals surface area contributed by atoms with E-state index < -0.39 is 6.04 Å². The lowest BCUT2D eigenvalue weighted by Crippen LogP contribution is -2.33. The number of aromatic nitrogens is 3. The number of amides is 1. The molecule has 0 saturated carbocycles. The average Bonchev–Trinajstić information content (AvgIpc) is 2.80. The van der Waals surface area contributed by atoms with E-state index in [9.17, 15) is 9.59 Å². The predicted octanol–water partition coefficient (Wildman–Crippen LogP) is 3.03. The molecular weight excluding hydrogens is 396 g/mol. The Bertz CT molecular complexity index is 1220. The molecule has 0 radical (unpaired) electrons. The molecule has 2 aliphatic rings. The number of rotatable bonds is 4. The topological polar surface area (TPSA) is 95.3 Å². The van der Waals surface area contributed by atoms with Gasteiger partial charge >= 0.3 is 0 Å². The Morgan fingerprint density at radius 1 is 1.16 bits per heavy atom. The smallest absolute Gasteiger partial charge is 0.263 e. The number of carbonyl (C=O) groups is 1. The highest BCUT2D eigenvalue weighted by Crippen LogP contribution is 2.33. The molecule has 31 heavy (non-hydrogen) atoms. The molecule has 1 amide bonds. The van der Waals surface area contributed by atoms with E-state index in [1.165, 1.54) is 10.9 Å². The maximum Gasteiger partial charge on any atom is 0.263 e. The summed E-state index contributed by atoms with van der Waals surface area (Å²) in [7, 11) is 0. The zero-order valence-corrected chi connectivity index (χ0v) is 17.4. The maximum atomic E-state index is 13.2. The monoisotopic (exact) mass is 420 g/mol. The number of benzene rings is 1. The lowest BCUT2D eigenvalue weighted by atomic mass is 9.95. The van der Waals surface area contributed by atoms with Gasteiger partial charge in [0.25, 0.3) is 5.56 Å². The highest BCUT2D eigenvalue weighted by atomic mass is 16.6. The van der Waals surface area contributed by atoms with Crippen molar-refractivity contribution in [3.8, 4) is 11.5 Å². The van der Waals surface area contributed by atoms with Crippen LogP contribution in [0.1, 0.15) is 43.5 Å². The summed E-state index contributed by atoms with van der Waals surface area (Å²) in [6.45, 7) is 2.85. The lowest BCUT2D eigenvalue weighted by Gasteiger charge is -2.21. The maximum absolute atomic E-state index is 13.2. The van der Waals surface area contributed by atoms with Crippen LogP contribution in [-0.2, 0) is 17.6 Å². The molecule has 0 fully saturated rings. The summed E-state index contributed by atoms with van der Waals surface area (Å²) in [6, 6.07) is 6.48. The van der Waals surface area contributed by atoms with Crippen molar-refractivity contribution in [2.24, 2.45) is 0 Å². The second-order valence-corrected chi connectivity index (χ2v) is 7.90. The minimum Gasteiger partial charge on any atom is -0.486 e. The summed E-state index contributed by atoms with van der Waals surface area (Å²) in [5.74, 6) is 0.966. The summed E-state index contributed by atoms with van der Waals surface area (Å²) >= 11 is 0. The first-order valence-electron chi connectivity index (χ1n) is 10.7. The van der Waals surface area contributed by atoms with Crippen LogP contribution in [0, 0.1) is 0 Å². The molecule has 1 N–H and O–H groups in total. The summed E-state index contributed by atoms with van der Waals surface area (Å²) < 4.78 is 12.5. The number of hydrogen-bond acceptors (Lipinski definition) is 6. The van der Waals surface area contributed by atoms with Crippen molar-refractivity contribution in [1.29, 1.82) is 0 Å². The number of nitrogens with zero attached hydrogens (tertiary/aromatic N) is 3. The van der Waals surface area contributed by atoms with Crippen LogP contribution in [0.5, 0.6) is 11.5 Å². The number of pyridine rings is 1. The molecule has 1 aliphatic carbocycles. The molecule has 0 unspecified atom stereocenters. The summed E-state index contributed by atoms with van der Waals surface area (Å²) in [4.78, 5) is 35.3. The first-order valence-corrected chi connectivity index (χ1v) is 10.7. The van der Waals surface area contributed by atoms with E-state index >= 15 is 0 Å². The first kappa shape index (κ1) is 19.5. The van der Waals surface area contributed by atoms with Crippen molar-refractivity contribution >= 4 is 22.6 Å². The van der Waals surface area contributed by atoms with Crippen molar-refractivity contribution in [3.63, 3.8) is 0 Å². The van der Waals surface area contributed by atoms with E-state index in [-0.39, 0.29) is 11.5 Å². The van der Waals surface area contributed by atoms with Crippen LogP contribution in [-0.4, -0.2) is 33.7 Å². The number of ether oxygens (including phenoxy) is 2. The number of fused-ring (bicyclic) bond motifs is 3. The molecule has 0 bridgehead atoms. The minimum absolute atomic E-state index is 0.241. The van der Waals surface area contributed by atoms with Gasteiger partial charge in [-0.2, -0.15) is 0 Å². The van der Waals surface area contributed by atoms with Gasteiger partial charge in [0.05, 0.1) is 5.39 Å². The zero-order valence-electron chi connectivity index (χ0n) is 17.4. The molecule has 8 nitrogen and oxygen atoms in total. The Labute approximate surface area is 179 Å². The number of nitrogens with one attached hydrogen (secondary N) is 1. The quantitative estimate of drug-likeness (QED) is 0.697. The molecule has 8 heteroatoms. The van der Waals surface area contributed by atoms with Crippen molar-refractivity contribution in [2.75, 3.05) is 18.5 Å². The fourth-order valence-electron chi connectivity index (χ4n) is 4.26. The third kappa shape index (κ3) is 3.62. The summed E-state index contributed by atoms with van der Waals surface area (Å²) in [6.07, 6.45) is 5.94. The molecule has 2 aromatic heterocycles. The van der Waals surface area contributed by atoms with Gasteiger partial charge in [0.15, 0.2) is 17.1 Å². The Kier molecular flexibility index (Phi) is 5.05. The van der Waals surface area contributed by atoms with Gasteiger partial charge in [-0.3, -0.25) is 14.2 Å².